The van der Waals surface area contributed by atoms with Crippen LogP contribution in [0.3, 0.4) is 0 Å². The number of fused-ring (bicyclic) bond motifs is 1. The lowest BCUT2D eigenvalue weighted by Crippen LogP contribution is -2.50. The fraction of sp³-hybridized carbons (Fsp3) is 0.471. The molecule has 10 heteroatoms. The van der Waals surface area contributed by atoms with Crippen molar-refractivity contribution in [1.29, 1.82) is 0 Å². The highest BCUT2D eigenvalue weighted by Crippen LogP contribution is 2.44. The average molecular weight is 636 g/mol. The molecule has 5 rings (SSSR count). The van der Waals surface area contributed by atoms with Crippen LogP contribution in [-0.4, -0.2) is 70.8 Å². The van der Waals surface area contributed by atoms with Gasteiger partial charge in [-0.15, -0.1) is 11.3 Å². The van der Waals surface area contributed by atoms with E-state index in [1.54, 1.807) is 11.3 Å². The number of thiazole rings is 1. The van der Waals surface area contributed by atoms with Crippen LogP contribution in [0.5, 0.6) is 0 Å². The number of esters is 1. The summed E-state index contributed by atoms with van der Waals surface area (Å²) in [4.78, 5) is 32.7. The van der Waals surface area contributed by atoms with E-state index in [0.717, 1.165) is 75.3 Å². The summed E-state index contributed by atoms with van der Waals surface area (Å²) in [6, 6.07) is 12.2. The molecule has 1 aliphatic heterocycles. The van der Waals surface area contributed by atoms with Crippen molar-refractivity contribution in [1.82, 2.24) is 19.9 Å². The number of hydrogen-bond donors (Lipinski definition) is 0. The molecule has 4 aromatic rings. The van der Waals surface area contributed by atoms with Gasteiger partial charge < -0.3 is 14.4 Å². The van der Waals surface area contributed by atoms with E-state index in [9.17, 15) is 4.79 Å². The minimum Gasteiger partial charge on any atom is -0.467 e. The first kappa shape index (κ1) is 32.3. The number of rotatable bonds is 9. The molecule has 0 spiro atoms. The van der Waals surface area contributed by atoms with E-state index in [-0.39, 0.29) is 0 Å². The van der Waals surface area contributed by atoms with Gasteiger partial charge >= 0.3 is 5.97 Å². The Balaban J connectivity index is 1.58. The number of aryl methyl sites for hydroxylation is 1. The summed E-state index contributed by atoms with van der Waals surface area (Å²) in [6.45, 7) is 16.1. The summed E-state index contributed by atoms with van der Waals surface area (Å²) in [7, 11) is 1.39. The van der Waals surface area contributed by atoms with Gasteiger partial charge in [-0.25, -0.2) is 19.7 Å². The van der Waals surface area contributed by atoms with Gasteiger partial charge in [-0.2, -0.15) is 0 Å². The maximum atomic E-state index is 13.2. The number of anilines is 1. The second kappa shape index (κ2) is 13.5. The number of carbonyl (C=O) groups is 1. The van der Waals surface area contributed by atoms with E-state index in [2.05, 4.69) is 28.6 Å². The van der Waals surface area contributed by atoms with E-state index in [0.29, 0.717) is 11.1 Å². The van der Waals surface area contributed by atoms with Gasteiger partial charge in [0.2, 0.25) is 5.95 Å². The van der Waals surface area contributed by atoms with E-state index in [1.807, 2.05) is 70.3 Å². The number of benzene rings is 2. The number of piperazine rings is 1. The molecule has 0 unspecified atom stereocenters. The van der Waals surface area contributed by atoms with Crippen molar-refractivity contribution in [3.8, 4) is 21.8 Å². The smallest absolute Gasteiger partial charge is 0.339 e. The molecule has 0 aliphatic carbocycles. The van der Waals surface area contributed by atoms with Gasteiger partial charge in [0, 0.05) is 54.6 Å². The molecular weight excluding hydrogens is 594 g/mol. The van der Waals surface area contributed by atoms with Crippen molar-refractivity contribution in [2.45, 2.75) is 72.1 Å². The molecule has 0 bridgehead atoms. The summed E-state index contributed by atoms with van der Waals surface area (Å²) in [6.07, 6.45) is 3.23. The number of hydrogen-bond acceptors (Lipinski definition) is 9. The zero-order chi connectivity index (χ0) is 31.6. The van der Waals surface area contributed by atoms with Gasteiger partial charge in [-0.1, -0.05) is 37.6 Å². The molecule has 1 fully saturated rings. The van der Waals surface area contributed by atoms with Crippen molar-refractivity contribution in [3.05, 3.63) is 58.7 Å². The maximum absolute atomic E-state index is 13.2. The first-order valence-corrected chi connectivity index (χ1v) is 16.5. The Bertz CT molecular complexity index is 1610. The predicted octanol–water partition coefficient (Wildman–Crippen LogP) is 7.72. The van der Waals surface area contributed by atoms with Crippen LogP contribution >= 0.6 is 22.9 Å². The van der Waals surface area contributed by atoms with Crippen molar-refractivity contribution in [2.24, 2.45) is 0 Å². The molecule has 1 atom stereocenters. The number of ether oxygens (including phenoxy) is 2. The number of carbonyl (C=O) groups excluding carboxylic acids is 1. The van der Waals surface area contributed by atoms with Crippen LogP contribution in [0.2, 0.25) is 5.02 Å². The molecule has 1 aliphatic rings. The van der Waals surface area contributed by atoms with Crippen LogP contribution in [0.25, 0.3) is 32.0 Å². The standard InChI is InChI=1S/C34H42ClN5O3S/c1-8-24(9-2)39-16-18-40(19-17-39)33-36-15-14-25(38-33)31-37-26-20-21(3)27(29(32(41)42-7)43-34(4,5)6)28(30(26)44-31)22-10-12-23(35)13-11-22/h10-15,20,24,29H,8-9,16-19H2,1-7H3/t29-/m0/s1. The third-order valence-electron chi connectivity index (χ3n) is 8.13. The monoisotopic (exact) mass is 635 g/mol. The van der Waals surface area contributed by atoms with Gasteiger partial charge in [-0.3, -0.25) is 4.90 Å². The van der Waals surface area contributed by atoms with Crippen molar-refractivity contribution in [3.63, 3.8) is 0 Å². The molecule has 0 saturated carbocycles. The molecule has 234 valence electrons. The van der Waals surface area contributed by atoms with Gasteiger partial charge in [0.25, 0.3) is 0 Å². The molecule has 44 heavy (non-hydrogen) atoms. The molecule has 3 heterocycles. The number of aromatic nitrogens is 3. The molecular formula is C34H42ClN5O3S. The Labute approximate surface area is 269 Å². The highest BCUT2D eigenvalue weighted by Gasteiger charge is 2.33. The second-order valence-electron chi connectivity index (χ2n) is 12.2. The minimum absolute atomic E-state index is 0.452. The second-order valence-corrected chi connectivity index (χ2v) is 13.7. The third kappa shape index (κ3) is 6.91. The van der Waals surface area contributed by atoms with Crippen LogP contribution in [0, 0.1) is 6.92 Å². The van der Waals surface area contributed by atoms with Crippen LogP contribution in [0.4, 0.5) is 5.95 Å². The summed E-state index contributed by atoms with van der Waals surface area (Å²) in [5.41, 5.74) is 4.45. The highest BCUT2D eigenvalue weighted by molar-refractivity contribution is 7.22. The zero-order valence-electron chi connectivity index (χ0n) is 26.7. The molecule has 0 radical (unpaired) electrons. The highest BCUT2D eigenvalue weighted by atomic mass is 35.5. The largest absolute Gasteiger partial charge is 0.467 e. The van der Waals surface area contributed by atoms with Crippen LogP contribution in [0.15, 0.2) is 42.6 Å². The van der Waals surface area contributed by atoms with Gasteiger partial charge in [0.15, 0.2) is 6.10 Å². The number of nitrogens with zero attached hydrogens (tertiary/aromatic N) is 5. The maximum Gasteiger partial charge on any atom is 0.339 e. The summed E-state index contributed by atoms with van der Waals surface area (Å²) >= 11 is 7.83. The summed E-state index contributed by atoms with van der Waals surface area (Å²) in [5.74, 6) is 0.275. The van der Waals surface area contributed by atoms with E-state index < -0.39 is 17.7 Å². The summed E-state index contributed by atoms with van der Waals surface area (Å²) in [5, 5.41) is 1.42. The molecule has 2 aromatic carbocycles. The van der Waals surface area contributed by atoms with E-state index >= 15 is 0 Å². The van der Waals surface area contributed by atoms with E-state index in [1.165, 1.54) is 20.0 Å². The topological polar surface area (TPSA) is 80.7 Å². The van der Waals surface area contributed by atoms with Crippen LogP contribution in [-0.2, 0) is 14.3 Å². The Morgan fingerprint density at radius 3 is 2.34 bits per heavy atom. The Kier molecular flexibility index (Phi) is 9.89. The normalized spacial score (nSPS) is 15.2. The van der Waals surface area contributed by atoms with Crippen molar-refractivity contribution in [2.75, 3.05) is 38.2 Å². The van der Waals surface area contributed by atoms with Crippen molar-refractivity contribution >= 4 is 45.1 Å². The number of halogens is 1. The fourth-order valence-electron chi connectivity index (χ4n) is 5.96. The molecule has 1 saturated heterocycles. The third-order valence-corrected chi connectivity index (χ3v) is 9.49. The predicted molar refractivity (Wildman–Crippen MR) is 180 cm³/mol. The Morgan fingerprint density at radius 2 is 1.73 bits per heavy atom. The van der Waals surface area contributed by atoms with Gasteiger partial charge in [-0.05, 0) is 75.9 Å². The first-order valence-electron chi connectivity index (χ1n) is 15.3. The molecule has 0 N–H and O–H groups in total. The van der Waals surface area contributed by atoms with Crippen LogP contribution in [0.1, 0.15) is 64.7 Å². The molecule has 2 aromatic heterocycles. The van der Waals surface area contributed by atoms with Crippen molar-refractivity contribution < 1.29 is 14.3 Å². The first-order chi connectivity index (χ1) is 21.0. The number of methoxy groups -OCH3 is 1. The minimum atomic E-state index is -0.926. The Morgan fingerprint density at radius 1 is 1.05 bits per heavy atom. The lowest BCUT2D eigenvalue weighted by atomic mass is 9.91. The quantitative estimate of drug-likeness (QED) is 0.173. The molecule has 0 amide bonds. The van der Waals surface area contributed by atoms with Gasteiger partial charge in [0.05, 0.1) is 22.9 Å². The van der Waals surface area contributed by atoms with E-state index in [4.69, 9.17) is 31.0 Å². The SMILES string of the molecule is CCC(CC)N1CCN(c2nccc(-c3nc4cc(C)c([C@H](OC(C)(C)C)C(=O)OC)c(-c5ccc(Cl)cc5)c4s3)n2)CC1. The zero-order valence-corrected chi connectivity index (χ0v) is 28.3. The lowest BCUT2D eigenvalue weighted by Gasteiger charge is -2.38. The lowest BCUT2D eigenvalue weighted by molar-refractivity contribution is -0.164. The van der Waals surface area contributed by atoms with Gasteiger partial charge in [0.1, 0.15) is 10.7 Å². The molecule has 8 nitrogen and oxygen atoms in total. The fourth-order valence-corrected chi connectivity index (χ4v) is 7.18. The summed E-state index contributed by atoms with van der Waals surface area (Å²) < 4.78 is 12.5. The Hall–Kier alpha value is -3.11. The van der Waals surface area contributed by atoms with Crippen LogP contribution < -0.4 is 4.90 Å². The average Bonchev–Trinajstić information content (AvgIpc) is 3.44.